The van der Waals surface area contributed by atoms with Crippen LogP contribution < -0.4 is 0 Å². The van der Waals surface area contributed by atoms with Gasteiger partial charge in [0.15, 0.2) is 0 Å². The van der Waals surface area contributed by atoms with Crippen LogP contribution in [0.4, 0.5) is 0 Å². The predicted molar refractivity (Wildman–Crippen MR) is 79.2 cm³/mol. The Hall–Kier alpha value is -0.870. The van der Waals surface area contributed by atoms with E-state index < -0.39 is 0 Å². The van der Waals surface area contributed by atoms with Gasteiger partial charge in [0.1, 0.15) is 5.78 Å². The van der Waals surface area contributed by atoms with Gasteiger partial charge in [0.25, 0.3) is 0 Å². The van der Waals surface area contributed by atoms with Gasteiger partial charge in [-0.3, -0.25) is 9.48 Å². The topological polar surface area (TPSA) is 44.1 Å². The highest BCUT2D eigenvalue weighted by atomic mass is 35.5. The van der Waals surface area contributed by atoms with E-state index >= 15 is 0 Å². The monoisotopic (exact) mass is 298 g/mol. The summed E-state index contributed by atoms with van der Waals surface area (Å²) in [5.41, 5.74) is 1.73. The van der Waals surface area contributed by atoms with Gasteiger partial charge in [-0.2, -0.15) is 5.10 Å². The average molecular weight is 299 g/mol. The molecule has 4 nitrogen and oxygen atoms in total. The fraction of sp³-hybridized carbons (Fsp3) is 0.733. The maximum atomic E-state index is 12.2. The van der Waals surface area contributed by atoms with Gasteiger partial charge < -0.3 is 4.74 Å². The number of aryl methyl sites for hydroxylation is 2. The highest BCUT2D eigenvalue weighted by Crippen LogP contribution is 2.23. The Bertz CT molecular complexity index is 465. The Morgan fingerprint density at radius 1 is 1.45 bits per heavy atom. The molecule has 0 saturated carbocycles. The molecule has 0 aromatic carbocycles. The molecule has 2 heterocycles. The normalized spacial score (nSPS) is 19.2. The second-order valence-corrected chi connectivity index (χ2v) is 5.66. The van der Waals surface area contributed by atoms with Crippen LogP contribution in [0.2, 0.25) is 5.02 Å². The van der Waals surface area contributed by atoms with Crippen molar-refractivity contribution in [1.29, 1.82) is 0 Å². The minimum absolute atomic E-state index is 0.0960. The van der Waals surface area contributed by atoms with Gasteiger partial charge in [0.05, 0.1) is 22.5 Å². The van der Waals surface area contributed by atoms with Crippen molar-refractivity contribution >= 4 is 17.4 Å². The molecule has 1 aliphatic rings. The number of rotatable bonds is 6. The Balaban J connectivity index is 2.01. The van der Waals surface area contributed by atoms with Crippen LogP contribution >= 0.6 is 11.6 Å². The van der Waals surface area contributed by atoms with Gasteiger partial charge in [-0.05, 0) is 32.6 Å². The summed E-state index contributed by atoms with van der Waals surface area (Å²) in [6, 6.07) is 0. The van der Waals surface area contributed by atoms with E-state index in [1.54, 1.807) is 0 Å². The molecule has 0 aliphatic carbocycles. The van der Waals surface area contributed by atoms with E-state index in [9.17, 15) is 4.79 Å². The third kappa shape index (κ3) is 3.61. The van der Waals surface area contributed by atoms with Crippen molar-refractivity contribution in [1.82, 2.24) is 9.78 Å². The Labute approximate surface area is 125 Å². The molecule has 5 heteroatoms. The number of hydrogen-bond donors (Lipinski definition) is 0. The molecule has 0 radical (unpaired) electrons. The van der Waals surface area contributed by atoms with Crippen molar-refractivity contribution < 1.29 is 9.53 Å². The first-order valence-corrected chi connectivity index (χ1v) is 7.90. The number of halogens is 1. The predicted octanol–water partition coefficient (Wildman–Crippen LogP) is 3.19. The van der Waals surface area contributed by atoms with Gasteiger partial charge in [-0.1, -0.05) is 18.5 Å². The first-order valence-electron chi connectivity index (χ1n) is 7.53. The summed E-state index contributed by atoms with van der Waals surface area (Å²) >= 11 is 6.33. The number of Topliss-reactive ketones (excluding diaryl/α,β-unsaturated/α-hetero) is 1. The van der Waals surface area contributed by atoms with Crippen molar-refractivity contribution in [3.8, 4) is 0 Å². The first-order chi connectivity index (χ1) is 9.65. The quantitative estimate of drug-likeness (QED) is 0.810. The Kier molecular flexibility index (Phi) is 5.61. The van der Waals surface area contributed by atoms with Crippen molar-refractivity contribution in [2.75, 3.05) is 6.61 Å². The number of nitrogens with zero attached hydrogens (tertiary/aromatic N) is 2. The summed E-state index contributed by atoms with van der Waals surface area (Å²) in [6.45, 7) is 5.56. The Morgan fingerprint density at radius 3 is 2.85 bits per heavy atom. The van der Waals surface area contributed by atoms with Crippen molar-refractivity contribution in [2.24, 2.45) is 0 Å². The number of ether oxygens (including phenoxy) is 1. The molecule has 1 unspecified atom stereocenters. The van der Waals surface area contributed by atoms with E-state index in [4.69, 9.17) is 16.3 Å². The molecule has 0 amide bonds. The molecule has 1 aromatic rings. The molecule has 1 saturated heterocycles. The van der Waals surface area contributed by atoms with E-state index in [1.165, 1.54) is 0 Å². The molecule has 1 atom stereocenters. The third-order valence-corrected chi connectivity index (χ3v) is 4.22. The van der Waals surface area contributed by atoms with Gasteiger partial charge in [0.2, 0.25) is 0 Å². The number of carbonyl (C=O) groups excluding carboxylic acids is 1. The van der Waals surface area contributed by atoms with Crippen molar-refractivity contribution in [2.45, 2.75) is 65.0 Å². The van der Waals surface area contributed by atoms with Crippen LogP contribution in [0.1, 0.15) is 50.9 Å². The second-order valence-electron chi connectivity index (χ2n) is 5.28. The molecular weight excluding hydrogens is 276 g/mol. The maximum absolute atomic E-state index is 12.2. The van der Waals surface area contributed by atoms with Crippen LogP contribution in [0, 0.1) is 0 Å². The molecule has 20 heavy (non-hydrogen) atoms. The van der Waals surface area contributed by atoms with E-state index in [0.717, 1.165) is 50.2 Å². The molecule has 1 fully saturated rings. The van der Waals surface area contributed by atoms with Gasteiger partial charge in [-0.15, -0.1) is 0 Å². The largest absolute Gasteiger partial charge is 0.378 e. The molecular formula is C15H23ClN2O2. The zero-order valence-corrected chi connectivity index (χ0v) is 13.1. The molecule has 0 bridgehead atoms. The molecule has 1 aliphatic heterocycles. The van der Waals surface area contributed by atoms with E-state index in [2.05, 4.69) is 5.10 Å². The molecule has 0 spiro atoms. The van der Waals surface area contributed by atoms with Crippen molar-refractivity contribution in [3.63, 3.8) is 0 Å². The fourth-order valence-electron chi connectivity index (χ4n) is 2.67. The van der Waals surface area contributed by atoms with Crippen LogP contribution in [0.25, 0.3) is 0 Å². The summed E-state index contributed by atoms with van der Waals surface area (Å²) < 4.78 is 7.47. The number of aromatic nitrogens is 2. The summed E-state index contributed by atoms with van der Waals surface area (Å²) in [4.78, 5) is 12.2. The fourth-order valence-corrected chi connectivity index (χ4v) is 3.00. The number of hydrogen-bond acceptors (Lipinski definition) is 3. The summed E-state index contributed by atoms with van der Waals surface area (Å²) in [5, 5.41) is 5.11. The lowest BCUT2D eigenvalue weighted by atomic mass is 10.0. The zero-order chi connectivity index (χ0) is 14.5. The summed E-state index contributed by atoms with van der Waals surface area (Å²) in [6.07, 6.45) is 5.00. The maximum Gasteiger partial charge on any atom is 0.141 e. The molecule has 1 aromatic heterocycles. The van der Waals surface area contributed by atoms with E-state index in [0.29, 0.717) is 17.9 Å². The number of ketones is 1. The minimum atomic E-state index is 0.0960. The average Bonchev–Trinajstić information content (AvgIpc) is 2.76. The van der Waals surface area contributed by atoms with Gasteiger partial charge in [-0.25, -0.2) is 0 Å². The third-order valence-electron chi connectivity index (χ3n) is 3.79. The number of carbonyl (C=O) groups is 1. The lowest BCUT2D eigenvalue weighted by molar-refractivity contribution is -0.122. The van der Waals surface area contributed by atoms with Crippen LogP contribution in [0.5, 0.6) is 0 Å². The second kappa shape index (κ2) is 7.23. The first kappa shape index (κ1) is 15.5. The van der Waals surface area contributed by atoms with Crippen LogP contribution in [0.3, 0.4) is 0 Å². The molecule has 2 rings (SSSR count). The van der Waals surface area contributed by atoms with E-state index in [1.807, 2.05) is 18.5 Å². The molecule has 0 N–H and O–H groups in total. The SMILES string of the molecule is CCc1nn(CC)c(CC(=O)CC2CCCCO2)c1Cl. The lowest BCUT2D eigenvalue weighted by Crippen LogP contribution is -2.23. The highest BCUT2D eigenvalue weighted by molar-refractivity contribution is 6.32. The summed E-state index contributed by atoms with van der Waals surface area (Å²) in [5.74, 6) is 0.191. The highest BCUT2D eigenvalue weighted by Gasteiger charge is 2.21. The van der Waals surface area contributed by atoms with Crippen LogP contribution in [0.15, 0.2) is 0 Å². The zero-order valence-electron chi connectivity index (χ0n) is 12.3. The van der Waals surface area contributed by atoms with Gasteiger partial charge in [0, 0.05) is 26.0 Å². The summed E-state index contributed by atoms with van der Waals surface area (Å²) in [7, 11) is 0. The van der Waals surface area contributed by atoms with Crippen LogP contribution in [-0.4, -0.2) is 28.3 Å². The van der Waals surface area contributed by atoms with E-state index in [-0.39, 0.29) is 11.9 Å². The smallest absolute Gasteiger partial charge is 0.141 e. The molecule has 112 valence electrons. The van der Waals surface area contributed by atoms with Crippen LogP contribution in [-0.2, 0) is 28.9 Å². The lowest BCUT2D eigenvalue weighted by Gasteiger charge is -2.21. The Morgan fingerprint density at radius 2 is 2.25 bits per heavy atom. The van der Waals surface area contributed by atoms with Crippen molar-refractivity contribution in [3.05, 3.63) is 16.4 Å². The standard InChI is InChI=1S/C15H23ClN2O2/c1-3-13-15(16)14(18(4-2)17-13)10-11(19)9-12-7-5-6-8-20-12/h12H,3-10H2,1-2H3. The van der Waals surface area contributed by atoms with Gasteiger partial charge >= 0.3 is 0 Å². The minimum Gasteiger partial charge on any atom is -0.378 e.